The molecule has 1 aromatic heterocycles. The highest BCUT2D eigenvalue weighted by molar-refractivity contribution is 7.92. The van der Waals surface area contributed by atoms with Gasteiger partial charge in [0.1, 0.15) is 0 Å². The van der Waals surface area contributed by atoms with Gasteiger partial charge in [0, 0.05) is 5.69 Å². The van der Waals surface area contributed by atoms with Crippen molar-refractivity contribution in [1.82, 2.24) is 4.98 Å². The quantitative estimate of drug-likeness (QED) is 0.890. The summed E-state index contributed by atoms with van der Waals surface area (Å²) in [4.78, 5) is 4.01. The summed E-state index contributed by atoms with van der Waals surface area (Å²) < 4.78 is 26.5. The molecule has 5 nitrogen and oxygen atoms in total. The van der Waals surface area contributed by atoms with E-state index in [4.69, 9.17) is 0 Å². The van der Waals surface area contributed by atoms with Gasteiger partial charge in [-0.3, -0.25) is 4.72 Å². The molecule has 0 bridgehead atoms. The lowest BCUT2D eigenvalue weighted by Gasteiger charge is -2.21. The predicted molar refractivity (Wildman–Crippen MR) is 74.6 cm³/mol. The molecule has 0 aromatic carbocycles. The summed E-state index contributed by atoms with van der Waals surface area (Å²) in [5, 5.41) is 9.61. The minimum absolute atomic E-state index is 0.0239. The molecule has 0 saturated heterocycles. The molecule has 0 amide bonds. The number of sulfonamides is 1. The Hall–Kier alpha value is -1.30. The van der Waals surface area contributed by atoms with Crippen LogP contribution >= 0.6 is 0 Å². The second kappa shape index (κ2) is 5.77. The van der Waals surface area contributed by atoms with Gasteiger partial charge in [-0.15, -0.1) is 0 Å². The van der Waals surface area contributed by atoms with Gasteiger partial charge in [-0.1, -0.05) is 19.3 Å². The van der Waals surface area contributed by atoms with Crippen LogP contribution in [0.25, 0.3) is 0 Å². The monoisotopic (exact) mass is 284 g/mol. The highest BCUT2D eigenvalue weighted by atomic mass is 32.2. The number of aromatic nitrogens is 1. The summed E-state index contributed by atoms with van der Waals surface area (Å²) in [6.45, 7) is 1.75. The number of anilines is 1. The van der Waals surface area contributed by atoms with E-state index in [0.717, 1.165) is 25.7 Å². The summed E-state index contributed by atoms with van der Waals surface area (Å²) in [5.41, 5.74) is 0.660. The van der Waals surface area contributed by atoms with E-state index in [0.29, 0.717) is 5.69 Å². The van der Waals surface area contributed by atoms with Crippen LogP contribution in [-0.2, 0) is 10.0 Å². The van der Waals surface area contributed by atoms with Gasteiger partial charge in [-0.25, -0.2) is 13.4 Å². The molecule has 0 spiro atoms. The fraction of sp³-hybridized carbons (Fsp3) is 0.615. The third-order valence-corrected chi connectivity index (χ3v) is 4.86. The largest absolute Gasteiger partial charge is 0.504 e. The fourth-order valence-electron chi connectivity index (χ4n) is 2.48. The van der Waals surface area contributed by atoms with E-state index in [1.165, 1.54) is 12.5 Å². The van der Waals surface area contributed by atoms with Gasteiger partial charge in [0.05, 0.1) is 5.75 Å². The van der Waals surface area contributed by atoms with Crippen molar-refractivity contribution in [2.75, 3.05) is 10.5 Å². The Morgan fingerprint density at radius 1 is 1.32 bits per heavy atom. The molecule has 0 aliphatic heterocycles. The minimum atomic E-state index is -3.45. The summed E-state index contributed by atoms with van der Waals surface area (Å²) in [5.74, 6) is 0.217. The number of hydrogen-bond donors (Lipinski definition) is 2. The summed E-state index contributed by atoms with van der Waals surface area (Å²) >= 11 is 0. The molecule has 19 heavy (non-hydrogen) atoms. The number of rotatable bonds is 4. The standard InChI is InChI=1S/C13H20N2O3S/c1-10-7-8-12(16)13(14-10)15-19(17,18)9-11-5-3-2-4-6-11/h7-8,11,16H,2-6,9H2,1H3,(H,14,15). The molecular weight excluding hydrogens is 264 g/mol. The van der Waals surface area contributed by atoms with Crippen molar-refractivity contribution in [3.05, 3.63) is 17.8 Å². The second-order valence-corrected chi connectivity index (χ2v) is 6.97. The van der Waals surface area contributed by atoms with Gasteiger partial charge in [0.15, 0.2) is 11.6 Å². The van der Waals surface area contributed by atoms with E-state index in [1.54, 1.807) is 13.0 Å². The van der Waals surface area contributed by atoms with E-state index in [9.17, 15) is 13.5 Å². The minimum Gasteiger partial charge on any atom is -0.504 e. The molecule has 1 fully saturated rings. The average molecular weight is 284 g/mol. The second-order valence-electron chi connectivity index (χ2n) is 5.21. The van der Waals surface area contributed by atoms with Crippen LogP contribution in [0.3, 0.4) is 0 Å². The summed E-state index contributed by atoms with van der Waals surface area (Å²) in [7, 11) is -3.45. The van der Waals surface area contributed by atoms with Gasteiger partial charge in [0.2, 0.25) is 10.0 Å². The van der Waals surface area contributed by atoms with E-state index in [-0.39, 0.29) is 23.2 Å². The SMILES string of the molecule is Cc1ccc(O)c(NS(=O)(=O)CC2CCCCC2)n1. The number of aromatic hydroxyl groups is 1. The van der Waals surface area contributed by atoms with Crippen molar-refractivity contribution in [3.63, 3.8) is 0 Å². The molecule has 0 radical (unpaired) electrons. The van der Waals surface area contributed by atoms with E-state index in [2.05, 4.69) is 9.71 Å². The number of aryl methyl sites for hydroxylation is 1. The lowest BCUT2D eigenvalue weighted by molar-refractivity contribution is 0.385. The Balaban J connectivity index is 2.05. The van der Waals surface area contributed by atoms with Crippen molar-refractivity contribution in [1.29, 1.82) is 0 Å². The molecule has 0 atom stereocenters. The van der Waals surface area contributed by atoms with Crippen LogP contribution in [-0.4, -0.2) is 24.3 Å². The molecule has 2 rings (SSSR count). The van der Waals surface area contributed by atoms with Gasteiger partial charge in [-0.2, -0.15) is 0 Å². The Labute approximate surface area is 114 Å². The fourth-order valence-corrected chi connectivity index (χ4v) is 3.96. The van der Waals surface area contributed by atoms with Crippen LogP contribution in [0.15, 0.2) is 12.1 Å². The molecule has 106 valence electrons. The first-order valence-corrected chi connectivity index (χ1v) is 8.28. The normalized spacial score (nSPS) is 17.3. The van der Waals surface area contributed by atoms with Gasteiger partial charge >= 0.3 is 0 Å². The van der Waals surface area contributed by atoms with Crippen molar-refractivity contribution in [2.45, 2.75) is 39.0 Å². The van der Waals surface area contributed by atoms with E-state index < -0.39 is 10.0 Å². The highest BCUT2D eigenvalue weighted by Crippen LogP contribution is 2.26. The number of nitrogens with one attached hydrogen (secondary N) is 1. The van der Waals surface area contributed by atoms with Crippen molar-refractivity contribution >= 4 is 15.8 Å². The average Bonchev–Trinajstić information content (AvgIpc) is 2.34. The summed E-state index contributed by atoms with van der Waals surface area (Å²) in [6.07, 6.45) is 5.34. The van der Waals surface area contributed by atoms with Crippen molar-refractivity contribution < 1.29 is 13.5 Å². The maximum atomic E-state index is 12.1. The van der Waals surface area contributed by atoms with Crippen LogP contribution in [0, 0.1) is 12.8 Å². The maximum absolute atomic E-state index is 12.1. The third-order valence-electron chi connectivity index (χ3n) is 3.45. The predicted octanol–water partition coefficient (Wildman–Crippen LogP) is 2.42. The van der Waals surface area contributed by atoms with Gasteiger partial charge in [-0.05, 0) is 37.8 Å². The molecule has 1 aliphatic carbocycles. The summed E-state index contributed by atoms with van der Waals surface area (Å²) in [6, 6.07) is 3.08. The van der Waals surface area contributed by atoms with Crippen molar-refractivity contribution in [2.24, 2.45) is 5.92 Å². The first-order valence-electron chi connectivity index (χ1n) is 6.63. The van der Waals surface area contributed by atoms with Crippen LogP contribution in [0.5, 0.6) is 5.75 Å². The Bertz CT molecular complexity index is 537. The lowest BCUT2D eigenvalue weighted by Crippen LogP contribution is -2.24. The molecule has 1 aliphatic rings. The Morgan fingerprint density at radius 3 is 2.68 bits per heavy atom. The molecule has 0 unspecified atom stereocenters. The van der Waals surface area contributed by atoms with Crippen molar-refractivity contribution in [3.8, 4) is 5.75 Å². The van der Waals surface area contributed by atoms with Gasteiger partial charge < -0.3 is 5.11 Å². The first kappa shape index (κ1) is 14.1. The molecular formula is C13H20N2O3S. The lowest BCUT2D eigenvalue weighted by atomic mass is 9.91. The molecule has 1 aromatic rings. The van der Waals surface area contributed by atoms with E-state index >= 15 is 0 Å². The third kappa shape index (κ3) is 4.09. The Kier molecular flexibility index (Phi) is 4.29. The maximum Gasteiger partial charge on any atom is 0.234 e. The smallest absolute Gasteiger partial charge is 0.234 e. The van der Waals surface area contributed by atoms with E-state index in [1.807, 2.05) is 0 Å². The zero-order valence-electron chi connectivity index (χ0n) is 11.1. The number of nitrogens with zero attached hydrogens (tertiary/aromatic N) is 1. The Morgan fingerprint density at radius 2 is 2.00 bits per heavy atom. The zero-order chi connectivity index (χ0) is 13.9. The van der Waals surface area contributed by atoms with Crippen LogP contribution in [0.1, 0.15) is 37.8 Å². The van der Waals surface area contributed by atoms with Crippen LogP contribution in [0.4, 0.5) is 5.82 Å². The highest BCUT2D eigenvalue weighted by Gasteiger charge is 2.22. The number of pyridine rings is 1. The zero-order valence-corrected chi connectivity index (χ0v) is 11.9. The number of hydrogen-bond acceptors (Lipinski definition) is 4. The molecule has 2 N–H and O–H groups in total. The topological polar surface area (TPSA) is 79.3 Å². The molecule has 1 saturated carbocycles. The molecule has 6 heteroatoms. The molecule has 1 heterocycles. The van der Waals surface area contributed by atoms with Crippen LogP contribution < -0.4 is 4.72 Å². The first-order chi connectivity index (χ1) is 8.96. The van der Waals surface area contributed by atoms with Crippen LogP contribution in [0.2, 0.25) is 0 Å². The van der Waals surface area contributed by atoms with Gasteiger partial charge in [0.25, 0.3) is 0 Å².